The lowest BCUT2D eigenvalue weighted by molar-refractivity contribution is -0.129. The van der Waals surface area contributed by atoms with Gasteiger partial charge in [0.05, 0.1) is 12.7 Å². The van der Waals surface area contributed by atoms with Crippen LogP contribution in [0.5, 0.6) is 0 Å². The zero-order chi connectivity index (χ0) is 15.5. The second-order valence-electron chi connectivity index (χ2n) is 5.93. The molecule has 0 aromatic heterocycles. The standard InChI is InChI=1S/C16H22ClN3O2/c1-11-15(18-6-8-22-11)16(21)19-13-5-7-20(10-13)14-4-2-3-12(17)9-14/h2-4,9,11,13,15,18H,5-8,10H2,1H3,(H,19,21)/t11-,13?,15+/m1/s1. The number of rotatable bonds is 3. The Morgan fingerprint density at radius 2 is 2.36 bits per heavy atom. The van der Waals surface area contributed by atoms with E-state index in [-0.39, 0.29) is 24.1 Å². The van der Waals surface area contributed by atoms with Crippen molar-refractivity contribution in [2.75, 3.05) is 31.1 Å². The van der Waals surface area contributed by atoms with Gasteiger partial charge in [-0.1, -0.05) is 17.7 Å². The Morgan fingerprint density at radius 3 is 3.14 bits per heavy atom. The van der Waals surface area contributed by atoms with E-state index in [1.54, 1.807) is 0 Å². The molecule has 120 valence electrons. The maximum absolute atomic E-state index is 12.4. The van der Waals surface area contributed by atoms with E-state index in [1.807, 2.05) is 25.1 Å². The number of hydrogen-bond donors (Lipinski definition) is 2. The predicted octanol–water partition coefficient (Wildman–Crippen LogP) is 1.41. The number of hydrogen-bond acceptors (Lipinski definition) is 4. The summed E-state index contributed by atoms with van der Waals surface area (Å²) in [4.78, 5) is 14.6. The van der Waals surface area contributed by atoms with E-state index in [2.05, 4.69) is 21.6 Å². The first-order valence-corrected chi connectivity index (χ1v) is 8.17. The summed E-state index contributed by atoms with van der Waals surface area (Å²) < 4.78 is 5.53. The second kappa shape index (κ2) is 6.86. The molecule has 1 aromatic carbocycles. The van der Waals surface area contributed by atoms with E-state index in [0.29, 0.717) is 6.61 Å². The van der Waals surface area contributed by atoms with Gasteiger partial charge in [-0.25, -0.2) is 0 Å². The van der Waals surface area contributed by atoms with Gasteiger partial charge in [-0.05, 0) is 31.5 Å². The summed E-state index contributed by atoms with van der Waals surface area (Å²) in [6.07, 6.45) is 0.861. The van der Waals surface area contributed by atoms with Gasteiger partial charge in [-0.2, -0.15) is 0 Å². The van der Waals surface area contributed by atoms with E-state index in [9.17, 15) is 4.79 Å². The molecule has 6 heteroatoms. The summed E-state index contributed by atoms with van der Waals surface area (Å²) >= 11 is 6.04. The molecule has 2 N–H and O–H groups in total. The minimum absolute atomic E-state index is 0.0325. The molecular formula is C16H22ClN3O2. The lowest BCUT2D eigenvalue weighted by Crippen LogP contribution is -2.57. The normalized spacial score (nSPS) is 28.6. The number of halogens is 1. The van der Waals surface area contributed by atoms with Gasteiger partial charge in [0, 0.05) is 36.4 Å². The predicted molar refractivity (Wildman–Crippen MR) is 87.4 cm³/mol. The van der Waals surface area contributed by atoms with Gasteiger partial charge in [0.1, 0.15) is 6.04 Å². The summed E-state index contributed by atoms with van der Waals surface area (Å²) in [7, 11) is 0. The van der Waals surface area contributed by atoms with Crippen molar-refractivity contribution in [1.29, 1.82) is 0 Å². The molecule has 0 radical (unpaired) electrons. The van der Waals surface area contributed by atoms with Crippen molar-refractivity contribution >= 4 is 23.2 Å². The van der Waals surface area contributed by atoms with Gasteiger partial charge >= 0.3 is 0 Å². The zero-order valence-corrected chi connectivity index (χ0v) is 13.5. The fourth-order valence-corrected chi connectivity index (χ4v) is 3.29. The van der Waals surface area contributed by atoms with Crippen LogP contribution in [0.25, 0.3) is 0 Å². The third kappa shape index (κ3) is 3.54. The van der Waals surface area contributed by atoms with Crippen molar-refractivity contribution in [3.05, 3.63) is 29.3 Å². The van der Waals surface area contributed by atoms with Crippen LogP contribution in [0.1, 0.15) is 13.3 Å². The highest BCUT2D eigenvalue weighted by molar-refractivity contribution is 6.30. The number of nitrogens with zero attached hydrogens (tertiary/aromatic N) is 1. The molecule has 1 unspecified atom stereocenters. The van der Waals surface area contributed by atoms with Crippen LogP contribution in [-0.2, 0) is 9.53 Å². The molecular weight excluding hydrogens is 302 g/mol. The number of carbonyl (C=O) groups excluding carboxylic acids is 1. The summed E-state index contributed by atoms with van der Waals surface area (Å²) in [6, 6.07) is 7.75. The highest BCUT2D eigenvalue weighted by Crippen LogP contribution is 2.23. The number of ether oxygens (including phenoxy) is 1. The largest absolute Gasteiger partial charge is 0.375 e. The van der Waals surface area contributed by atoms with Gasteiger partial charge in [0.25, 0.3) is 0 Å². The van der Waals surface area contributed by atoms with Crippen molar-refractivity contribution in [2.24, 2.45) is 0 Å². The smallest absolute Gasteiger partial charge is 0.240 e. The van der Waals surface area contributed by atoms with Crippen molar-refractivity contribution in [3.8, 4) is 0 Å². The van der Waals surface area contributed by atoms with Crippen LogP contribution < -0.4 is 15.5 Å². The van der Waals surface area contributed by atoms with E-state index in [4.69, 9.17) is 16.3 Å². The van der Waals surface area contributed by atoms with Gasteiger partial charge in [-0.15, -0.1) is 0 Å². The molecule has 3 atom stereocenters. The van der Waals surface area contributed by atoms with Crippen LogP contribution in [0.4, 0.5) is 5.69 Å². The van der Waals surface area contributed by atoms with Gasteiger partial charge < -0.3 is 20.3 Å². The number of morpholine rings is 1. The maximum Gasteiger partial charge on any atom is 0.240 e. The molecule has 1 amide bonds. The Morgan fingerprint density at radius 1 is 1.50 bits per heavy atom. The number of amides is 1. The highest BCUT2D eigenvalue weighted by Gasteiger charge is 2.31. The van der Waals surface area contributed by atoms with Crippen LogP contribution in [0.3, 0.4) is 0 Å². The monoisotopic (exact) mass is 323 g/mol. The maximum atomic E-state index is 12.4. The van der Waals surface area contributed by atoms with E-state index in [1.165, 1.54) is 0 Å². The van der Waals surface area contributed by atoms with E-state index >= 15 is 0 Å². The number of benzene rings is 1. The van der Waals surface area contributed by atoms with E-state index < -0.39 is 0 Å². The van der Waals surface area contributed by atoms with Crippen molar-refractivity contribution in [3.63, 3.8) is 0 Å². The van der Waals surface area contributed by atoms with Crippen molar-refractivity contribution < 1.29 is 9.53 Å². The fraction of sp³-hybridized carbons (Fsp3) is 0.562. The summed E-state index contributed by atoms with van der Waals surface area (Å²) in [5, 5.41) is 7.10. The molecule has 0 bridgehead atoms. The highest BCUT2D eigenvalue weighted by atomic mass is 35.5. The molecule has 2 aliphatic rings. The first kappa shape index (κ1) is 15.6. The first-order valence-electron chi connectivity index (χ1n) is 7.79. The lowest BCUT2D eigenvalue weighted by atomic mass is 10.1. The minimum atomic E-state index is -0.256. The van der Waals surface area contributed by atoms with E-state index in [0.717, 1.165) is 36.8 Å². The molecule has 0 spiro atoms. The molecule has 22 heavy (non-hydrogen) atoms. The zero-order valence-electron chi connectivity index (χ0n) is 12.7. The van der Waals surface area contributed by atoms with Crippen LogP contribution >= 0.6 is 11.6 Å². The summed E-state index contributed by atoms with van der Waals surface area (Å²) in [5.74, 6) is 0.0325. The van der Waals surface area contributed by atoms with Crippen LogP contribution in [-0.4, -0.2) is 50.3 Å². The van der Waals surface area contributed by atoms with Gasteiger partial charge in [-0.3, -0.25) is 4.79 Å². The Hall–Kier alpha value is -1.30. The van der Waals surface area contributed by atoms with Crippen LogP contribution in [0, 0.1) is 0 Å². The average molecular weight is 324 g/mol. The molecule has 2 aliphatic heterocycles. The molecule has 2 saturated heterocycles. The number of carbonyl (C=O) groups is 1. The SMILES string of the molecule is C[C@H]1OCCN[C@@H]1C(=O)NC1CCN(c2cccc(Cl)c2)C1. The van der Waals surface area contributed by atoms with Crippen molar-refractivity contribution in [1.82, 2.24) is 10.6 Å². The Kier molecular flexibility index (Phi) is 4.86. The molecule has 5 nitrogen and oxygen atoms in total. The third-order valence-corrected chi connectivity index (χ3v) is 4.54. The second-order valence-corrected chi connectivity index (χ2v) is 6.36. The molecule has 0 saturated carbocycles. The number of nitrogens with one attached hydrogen (secondary N) is 2. The molecule has 3 rings (SSSR count). The Labute approximate surface area is 136 Å². The molecule has 2 heterocycles. The quantitative estimate of drug-likeness (QED) is 0.883. The minimum Gasteiger partial charge on any atom is -0.375 e. The molecule has 2 fully saturated rings. The third-order valence-electron chi connectivity index (χ3n) is 4.31. The summed E-state index contributed by atoms with van der Waals surface area (Å²) in [6.45, 7) is 5.06. The van der Waals surface area contributed by atoms with Crippen LogP contribution in [0.15, 0.2) is 24.3 Å². The molecule has 1 aromatic rings. The van der Waals surface area contributed by atoms with Crippen molar-refractivity contribution in [2.45, 2.75) is 31.5 Å². The van der Waals surface area contributed by atoms with Crippen LogP contribution in [0.2, 0.25) is 5.02 Å². The topological polar surface area (TPSA) is 53.6 Å². The van der Waals surface area contributed by atoms with Gasteiger partial charge in [0.2, 0.25) is 5.91 Å². The Balaban J connectivity index is 1.55. The van der Waals surface area contributed by atoms with Gasteiger partial charge in [0.15, 0.2) is 0 Å². The first-order chi connectivity index (χ1) is 10.6. The lowest BCUT2D eigenvalue weighted by Gasteiger charge is -2.30. The fourth-order valence-electron chi connectivity index (χ4n) is 3.10. The Bertz CT molecular complexity index is 540. The number of anilines is 1. The molecule has 0 aliphatic carbocycles. The average Bonchev–Trinajstić information content (AvgIpc) is 2.96. The summed E-state index contributed by atoms with van der Waals surface area (Å²) in [5.41, 5.74) is 1.11.